The van der Waals surface area contributed by atoms with Crippen LogP contribution in [0.3, 0.4) is 0 Å². The van der Waals surface area contributed by atoms with Gasteiger partial charge in [-0.15, -0.1) is 0 Å². The van der Waals surface area contributed by atoms with Crippen molar-refractivity contribution in [1.29, 1.82) is 0 Å². The minimum Gasteiger partial charge on any atom is -0.496 e. The molecule has 0 aliphatic carbocycles. The highest BCUT2D eigenvalue weighted by Gasteiger charge is 2.27. The molecule has 0 fully saturated rings. The lowest BCUT2D eigenvalue weighted by atomic mass is 9.87. The second-order valence-electron chi connectivity index (χ2n) is 8.37. The van der Waals surface area contributed by atoms with Crippen molar-refractivity contribution in [2.45, 2.75) is 46.1 Å². The van der Waals surface area contributed by atoms with E-state index in [-0.39, 0.29) is 6.04 Å². The van der Waals surface area contributed by atoms with E-state index >= 15 is 0 Å². The summed E-state index contributed by atoms with van der Waals surface area (Å²) >= 11 is 0. The second kappa shape index (κ2) is 10.9. The summed E-state index contributed by atoms with van der Waals surface area (Å²) in [6.45, 7) is 13.3. The molecule has 0 bridgehead atoms. The maximum absolute atomic E-state index is 6.21. The van der Waals surface area contributed by atoms with Crippen LogP contribution in [0.15, 0.2) is 30.3 Å². The van der Waals surface area contributed by atoms with E-state index in [2.05, 4.69) is 68.2 Å². The van der Waals surface area contributed by atoms with Crippen molar-refractivity contribution in [3.63, 3.8) is 0 Å². The molecule has 0 saturated carbocycles. The summed E-state index contributed by atoms with van der Waals surface area (Å²) in [5.41, 5.74) is 5.03. The number of benzene rings is 2. The molecule has 0 amide bonds. The molecule has 1 aliphatic heterocycles. The van der Waals surface area contributed by atoms with Crippen molar-refractivity contribution in [3.8, 4) is 17.2 Å². The van der Waals surface area contributed by atoms with Crippen LogP contribution in [-0.4, -0.2) is 51.9 Å². The van der Waals surface area contributed by atoms with Crippen molar-refractivity contribution >= 4 is 0 Å². The van der Waals surface area contributed by atoms with E-state index in [9.17, 15) is 0 Å². The minimum absolute atomic E-state index is 0.0634. The summed E-state index contributed by atoms with van der Waals surface area (Å²) in [6.07, 6.45) is 0.966. The number of hydrogen-bond donors (Lipinski definition) is 1. The first-order valence-electron chi connectivity index (χ1n) is 11.5. The Labute approximate surface area is 187 Å². The Balaban J connectivity index is 1.96. The molecule has 2 aromatic carbocycles. The highest BCUT2D eigenvalue weighted by Crippen LogP contribution is 2.40. The molecule has 5 nitrogen and oxygen atoms in total. The van der Waals surface area contributed by atoms with Gasteiger partial charge in [-0.05, 0) is 66.4 Å². The van der Waals surface area contributed by atoms with Crippen LogP contribution in [0.1, 0.15) is 61.9 Å². The van der Waals surface area contributed by atoms with Crippen LogP contribution >= 0.6 is 0 Å². The molecule has 5 heteroatoms. The lowest BCUT2D eigenvalue weighted by molar-refractivity contribution is 0.217. The molecule has 1 unspecified atom stereocenters. The number of nitrogens with zero attached hydrogens (tertiary/aromatic N) is 1. The predicted octanol–water partition coefficient (Wildman–Crippen LogP) is 4.78. The van der Waals surface area contributed by atoms with Gasteiger partial charge in [-0.1, -0.05) is 33.8 Å². The largest absolute Gasteiger partial charge is 0.496 e. The Bertz CT molecular complexity index is 862. The SMILES string of the molecule is CCN(CC)CCOc1cc2c(cc1OC)CCNC2c1cc(C(C)C)ccc1OC. The van der Waals surface area contributed by atoms with Gasteiger partial charge in [-0.2, -0.15) is 0 Å². The zero-order valence-electron chi connectivity index (χ0n) is 20.0. The van der Waals surface area contributed by atoms with Gasteiger partial charge < -0.3 is 24.4 Å². The van der Waals surface area contributed by atoms with Gasteiger partial charge in [0, 0.05) is 18.7 Å². The van der Waals surface area contributed by atoms with Crippen LogP contribution in [0.2, 0.25) is 0 Å². The third-order valence-corrected chi connectivity index (χ3v) is 6.27. The van der Waals surface area contributed by atoms with E-state index in [4.69, 9.17) is 14.2 Å². The van der Waals surface area contributed by atoms with Crippen molar-refractivity contribution in [2.24, 2.45) is 0 Å². The van der Waals surface area contributed by atoms with Crippen molar-refractivity contribution < 1.29 is 14.2 Å². The van der Waals surface area contributed by atoms with Gasteiger partial charge in [-0.3, -0.25) is 0 Å². The van der Waals surface area contributed by atoms with Crippen molar-refractivity contribution in [2.75, 3.05) is 47.0 Å². The molecule has 0 spiro atoms. The van der Waals surface area contributed by atoms with Gasteiger partial charge >= 0.3 is 0 Å². The number of fused-ring (bicyclic) bond motifs is 1. The predicted molar refractivity (Wildman–Crippen MR) is 127 cm³/mol. The third-order valence-electron chi connectivity index (χ3n) is 6.27. The van der Waals surface area contributed by atoms with Crippen LogP contribution < -0.4 is 19.5 Å². The fraction of sp³-hybridized carbons (Fsp3) is 0.538. The molecule has 0 radical (unpaired) electrons. The summed E-state index contributed by atoms with van der Waals surface area (Å²) < 4.78 is 17.6. The molecule has 2 aromatic rings. The highest BCUT2D eigenvalue weighted by molar-refractivity contribution is 5.54. The van der Waals surface area contributed by atoms with E-state index in [1.807, 2.05) is 0 Å². The fourth-order valence-electron chi connectivity index (χ4n) is 4.28. The molecule has 170 valence electrons. The molecular weight excluding hydrogens is 388 g/mol. The van der Waals surface area contributed by atoms with Gasteiger partial charge in [0.25, 0.3) is 0 Å². The van der Waals surface area contributed by atoms with Gasteiger partial charge in [0.05, 0.1) is 20.3 Å². The van der Waals surface area contributed by atoms with Gasteiger partial charge in [0.15, 0.2) is 11.5 Å². The monoisotopic (exact) mass is 426 g/mol. The van der Waals surface area contributed by atoms with Crippen molar-refractivity contribution in [3.05, 3.63) is 52.6 Å². The molecule has 0 aromatic heterocycles. The average Bonchev–Trinajstić information content (AvgIpc) is 2.80. The first kappa shape index (κ1) is 23.4. The quantitative estimate of drug-likeness (QED) is 0.592. The molecule has 1 aliphatic rings. The molecule has 1 atom stereocenters. The van der Waals surface area contributed by atoms with Crippen LogP contribution in [0.4, 0.5) is 0 Å². The average molecular weight is 427 g/mol. The number of hydrogen-bond acceptors (Lipinski definition) is 5. The van der Waals surface area contributed by atoms with Gasteiger partial charge in [0.2, 0.25) is 0 Å². The molecule has 0 saturated heterocycles. The summed E-state index contributed by atoms with van der Waals surface area (Å²) in [7, 11) is 3.46. The highest BCUT2D eigenvalue weighted by atomic mass is 16.5. The lowest BCUT2D eigenvalue weighted by Gasteiger charge is -2.30. The van der Waals surface area contributed by atoms with E-state index in [1.54, 1.807) is 14.2 Å². The Morgan fingerprint density at radius 1 is 0.968 bits per heavy atom. The summed E-state index contributed by atoms with van der Waals surface area (Å²) in [4.78, 5) is 2.36. The van der Waals surface area contributed by atoms with E-state index in [0.717, 1.165) is 49.8 Å². The maximum Gasteiger partial charge on any atom is 0.161 e. The van der Waals surface area contributed by atoms with Crippen LogP contribution in [0, 0.1) is 0 Å². The topological polar surface area (TPSA) is 43.0 Å². The van der Waals surface area contributed by atoms with Gasteiger partial charge in [-0.25, -0.2) is 0 Å². The zero-order valence-corrected chi connectivity index (χ0v) is 20.0. The Hall–Kier alpha value is -2.24. The molecule has 1 N–H and O–H groups in total. The number of rotatable bonds is 10. The molecule has 3 rings (SSSR count). The number of nitrogens with one attached hydrogen (secondary N) is 1. The molecular formula is C26H38N2O3. The normalized spacial score (nSPS) is 15.8. The number of methoxy groups -OCH3 is 2. The Kier molecular flexibility index (Phi) is 8.22. The summed E-state index contributed by atoms with van der Waals surface area (Å²) in [5.74, 6) is 2.99. The maximum atomic E-state index is 6.21. The Morgan fingerprint density at radius 2 is 1.71 bits per heavy atom. The van der Waals surface area contributed by atoms with E-state index in [1.165, 1.54) is 22.3 Å². The van der Waals surface area contributed by atoms with E-state index < -0.39 is 0 Å². The fourth-order valence-corrected chi connectivity index (χ4v) is 4.28. The molecule has 1 heterocycles. The number of likely N-dealkylation sites (N-methyl/N-ethyl adjacent to an activating group) is 1. The third kappa shape index (κ3) is 5.34. The van der Waals surface area contributed by atoms with Crippen LogP contribution in [0.25, 0.3) is 0 Å². The number of ether oxygens (including phenoxy) is 3. The van der Waals surface area contributed by atoms with Crippen molar-refractivity contribution in [1.82, 2.24) is 10.2 Å². The smallest absolute Gasteiger partial charge is 0.161 e. The first-order chi connectivity index (χ1) is 15.0. The standard InChI is InChI=1S/C26H38N2O3/c1-7-28(8-2)13-14-31-25-17-21-20(16-24(25)30-6)11-12-27-26(21)22-15-19(18(3)4)9-10-23(22)29-5/h9-10,15-18,26-27H,7-8,11-14H2,1-6H3. The van der Waals surface area contributed by atoms with Crippen LogP contribution in [0.5, 0.6) is 17.2 Å². The van der Waals surface area contributed by atoms with Crippen LogP contribution in [-0.2, 0) is 6.42 Å². The Morgan fingerprint density at radius 3 is 2.35 bits per heavy atom. The molecule has 31 heavy (non-hydrogen) atoms. The van der Waals surface area contributed by atoms with Gasteiger partial charge in [0.1, 0.15) is 12.4 Å². The lowest BCUT2D eigenvalue weighted by Crippen LogP contribution is -2.31. The first-order valence-corrected chi connectivity index (χ1v) is 11.5. The summed E-state index contributed by atoms with van der Waals surface area (Å²) in [6, 6.07) is 10.9. The second-order valence-corrected chi connectivity index (χ2v) is 8.37. The zero-order chi connectivity index (χ0) is 22.4. The minimum atomic E-state index is 0.0634. The summed E-state index contributed by atoms with van der Waals surface area (Å²) in [5, 5.41) is 3.71. The van der Waals surface area contributed by atoms with E-state index in [0.29, 0.717) is 12.5 Å².